The van der Waals surface area contributed by atoms with Crippen molar-refractivity contribution >= 4 is 43.6 Å². The van der Waals surface area contributed by atoms with Crippen LogP contribution in [0.2, 0.25) is 0 Å². The van der Waals surface area contributed by atoms with Gasteiger partial charge in [-0.3, -0.25) is 0 Å². The molecule has 0 unspecified atom stereocenters. The van der Waals surface area contributed by atoms with Gasteiger partial charge in [0.15, 0.2) is 0 Å². The van der Waals surface area contributed by atoms with E-state index < -0.39 is 0 Å². The maximum atomic E-state index is 3.73. The number of aromatic amines is 2. The molecule has 0 fully saturated rings. The second-order valence-corrected chi connectivity index (χ2v) is 16.1. The van der Waals surface area contributed by atoms with Crippen LogP contribution in [0.4, 0.5) is 0 Å². The van der Waals surface area contributed by atoms with Crippen molar-refractivity contribution in [3.63, 3.8) is 0 Å². The number of nitrogens with one attached hydrogen (secondary N) is 2. The Kier molecular flexibility index (Phi) is 9.38. The number of para-hydroxylation sites is 2. The van der Waals surface area contributed by atoms with Gasteiger partial charge in [0.1, 0.15) is 0 Å². The van der Waals surface area contributed by atoms with Gasteiger partial charge >= 0.3 is 0 Å². The normalized spacial score (nSPS) is 11.4. The smallest absolute Gasteiger partial charge is 0.0471 e. The molecule has 0 bridgehead atoms. The molecule has 0 atom stereocenters. The lowest BCUT2D eigenvalue weighted by Crippen LogP contribution is -1.96. The first-order chi connectivity index (χ1) is 30.8. The van der Waals surface area contributed by atoms with Crippen molar-refractivity contribution in [2.75, 3.05) is 0 Å². The molecule has 0 amide bonds. The molecular formula is C60H43N3. The summed E-state index contributed by atoms with van der Waals surface area (Å²) in [5, 5.41) is 4.93. The summed E-state index contributed by atoms with van der Waals surface area (Å²) in [4.78, 5) is 7.45. The van der Waals surface area contributed by atoms with E-state index in [-0.39, 0.29) is 6.15 Å². The summed E-state index contributed by atoms with van der Waals surface area (Å²) < 4.78 is 0. The van der Waals surface area contributed by atoms with E-state index in [0.29, 0.717) is 0 Å². The Morgan fingerprint density at radius 1 is 0.206 bits per heavy atom. The predicted octanol–water partition coefficient (Wildman–Crippen LogP) is 16.8. The van der Waals surface area contributed by atoms with E-state index in [4.69, 9.17) is 0 Å². The SMILES string of the molecule is N.c1ccc(-c2cccc(-c3ccccc3-c3ccc4[nH]c5ccccc5c4c3-c3ccccc3)c2-c2ccccc2-c2ccc3[nH]c4ccccc4c3c2-c2ccccc2)cc1. The molecule has 63 heavy (non-hydrogen) atoms. The number of benzene rings is 10. The van der Waals surface area contributed by atoms with Gasteiger partial charge in [-0.15, -0.1) is 0 Å². The summed E-state index contributed by atoms with van der Waals surface area (Å²) in [5.41, 5.74) is 21.3. The van der Waals surface area contributed by atoms with Gasteiger partial charge in [-0.1, -0.05) is 206 Å². The molecule has 298 valence electrons. The zero-order chi connectivity index (χ0) is 41.0. The van der Waals surface area contributed by atoms with Gasteiger partial charge in [-0.05, 0) is 102 Å². The summed E-state index contributed by atoms with van der Waals surface area (Å²) >= 11 is 0. The number of H-pyrrole nitrogens is 2. The molecule has 0 aliphatic rings. The van der Waals surface area contributed by atoms with Crippen LogP contribution in [0, 0.1) is 0 Å². The van der Waals surface area contributed by atoms with Gasteiger partial charge in [0.25, 0.3) is 0 Å². The van der Waals surface area contributed by atoms with Gasteiger partial charge in [0.05, 0.1) is 0 Å². The monoisotopic (exact) mass is 805 g/mol. The minimum absolute atomic E-state index is 0. The number of aromatic nitrogens is 2. The third kappa shape index (κ3) is 6.25. The highest BCUT2D eigenvalue weighted by Gasteiger charge is 2.24. The highest BCUT2D eigenvalue weighted by atomic mass is 14.7. The average molecular weight is 806 g/mol. The first kappa shape index (κ1) is 37.7. The van der Waals surface area contributed by atoms with Crippen LogP contribution in [0.25, 0.3) is 122 Å². The molecule has 0 aliphatic heterocycles. The van der Waals surface area contributed by atoms with E-state index in [9.17, 15) is 0 Å². The molecule has 0 aliphatic carbocycles. The van der Waals surface area contributed by atoms with Crippen LogP contribution in [0.3, 0.4) is 0 Å². The van der Waals surface area contributed by atoms with Crippen molar-refractivity contribution in [3.8, 4) is 77.9 Å². The molecule has 3 heteroatoms. The van der Waals surface area contributed by atoms with Crippen LogP contribution in [0.15, 0.2) is 231 Å². The zero-order valence-corrected chi connectivity index (χ0v) is 34.6. The Bertz CT molecular complexity index is 3620. The van der Waals surface area contributed by atoms with E-state index in [2.05, 4.69) is 240 Å². The minimum atomic E-state index is 0. The number of fused-ring (bicyclic) bond motifs is 6. The van der Waals surface area contributed by atoms with Crippen molar-refractivity contribution in [1.82, 2.24) is 16.1 Å². The van der Waals surface area contributed by atoms with Crippen molar-refractivity contribution < 1.29 is 0 Å². The van der Waals surface area contributed by atoms with Gasteiger partial charge in [0, 0.05) is 43.6 Å². The zero-order valence-electron chi connectivity index (χ0n) is 34.6. The molecule has 5 N–H and O–H groups in total. The molecule has 3 nitrogen and oxygen atoms in total. The quantitative estimate of drug-likeness (QED) is 0.148. The van der Waals surface area contributed by atoms with E-state index in [1.165, 1.54) is 99.4 Å². The van der Waals surface area contributed by atoms with Crippen molar-refractivity contribution in [2.45, 2.75) is 0 Å². The predicted molar refractivity (Wildman–Crippen MR) is 268 cm³/mol. The van der Waals surface area contributed by atoms with Crippen LogP contribution in [-0.4, -0.2) is 9.97 Å². The van der Waals surface area contributed by atoms with Crippen molar-refractivity contribution in [3.05, 3.63) is 231 Å². The summed E-state index contributed by atoms with van der Waals surface area (Å²) in [5.74, 6) is 0. The summed E-state index contributed by atoms with van der Waals surface area (Å²) in [6, 6.07) is 84.0. The minimum Gasteiger partial charge on any atom is -0.354 e. The van der Waals surface area contributed by atoms with Gasteiger partial charge in [-0.25, -0.2) is 0 Å². The fourth-order valence-electron chi connectivity index (χ4n) is 9.96. The molecule has 2 heterocycles. The second-order valence-electron chi connectivity index (χ2n) is 16.1. The van der Waals surface area contributed by atoms with Gasteiger partial charge in [0.2, 0.25) is 0 Å². The third-order valence-electron chi connectivity index (χ3n) is 12.6. The number of rotatable bonds is 7. The Morgan fingerprint density at radius 2 is 0.556 bits per heavy atom. The Morgan fingerprint density at radius 3 is 1.05 bits per heavy atom. The average Bonchev–Trinajstić information content (AvgIpc) is 3.93. The summed E-state index contributed by atoms with van der Waals surface area (Å²) in [6.07, 6.45) is 0. The van der Waals surface area contributed by atoms with E-state index in [1.54, 1.807) is 0 Å². The topological polar surface area (TPSA) is 66.6 Å². The Balaban J connectivity index is 0.00000444. The highest BCUT2D eigenvalue weighted by Crippen LogP contribution is 2.51. The van der Waals surface area contributed by atoms with Gasteiger partial charge < -0.3 is 16.1 Å². The maximum absolute atomic E-state index is 3.73. The first-order valence-electron chi connectivity index (χ1n) is 21.4. The molecule has 2 aromatic heterocycles. The molecule has 0 saturated heterocycles. The van der Waals surface area contributed by atoms with Crippen LogP contribution < -0.4 is 6.15 Å². The van der Waals surface area contributed by atoms with E-state index >= 15 is 0 Å². The van der Waals surface area contributed by atoms with E-state index in [1.807, 2.05) is 0 Å². The Hall–Kier alpha value is -8.24. The highest BCUT2D eigenvalue weighted by molar-refractivity contribution is 6.20. The fourth-order valence-corrected chi connectivity index (χ4v) is 9.96. The molecule has 0 radical (unpaired) electrons. The summed E-state index contributed by atoms with van der Waals surface area (Å²) in [6.45, 7) is 0. The second kappa shape index (κ2) is 15.7. The van der Waals surface area contributed by atoms with E-state index in [0.717, 1.165) is 22.1 Å². The molecule has 12 aromatic rings. The largest absolute Gasteiger partial charge is 0.354 e. The maximum Gasteiger partial charge on any atom is 0.0471 e. The van der Waals surface area contributed by atoms with Crippen LogP contribution in [0.1, 0.15) is 0 Å². The van der Waals surface area contributed by atoms with Crippen LogP contribution >= 0.6 is 0 Å². The molecule has 0 saturated carbocycles. The third-order valence-corrected chi connectivity index (χ3v) is 12.6. The standard InChI is InChI=1S/C60H40N2.H3N/c1-4-19-39(20-5-1)42-31-18-32-47(43-25-10-11-26-44(43)48-35-37-54-59(50-29-14-16-33-52(50)61-54)56(48)40-21-6-2-7-22-40)58(42)46-28-13-12-27-45(46)49-36-38-55-60(51-30-15-17-34-53(51)62-55)57(49)41-23-8-3-9-24-41;/h1-38,61-62H;1H3. The lowest BCUT2D eigenvalue weighted by atomic mass is 9.80. The fraction of sp³-hybridized carbons (Fsp3) is 0. The van der Waals surface area contributed by atoms with Crippen LogP contribution in [0.5, 0.6) is 0 Å². The summed E-state index contributed by atoms with van der Waals surface area (Å²) in [7, 11) is 0. The number of hydrogen-bond donors (Lipinski definition) is 3. The molecule has 12 rings (SSSR count). The molecular weight excluding hydrogens is 763 g/mol. The first-order valence-corrected chi connectivity index (χ1v) is 21.4. The lowest BCUT2D eigenvalue weighted by molar-refractivity contribution is 1.52. The van der Waals surface area contributed by atoms with Gasteiger partial charge in [-0.2, -0.15) is 0 Å². The van der Waals surface area contributed by atoms with Crippen molar-refractivity contribution in [1.29, 1.82) is 0 Å². The lowest BCUT2D eigenvalue weighted by Gasteiger charge is -2.23. The molecule has 0 spiro atoms. The molecule has 10 aromatic carbocycles. The number of hydrogen-bond acceptors (Lipinski definition) is 1. The van der Waals surface area contributed by atoms with Crippen molar-refractivity contribution in [2.24, 2.45) is 0 Å². The Labute approximate surface area is 366 Å². The van der Waals surface area contributed by atoms with Crippen LogP contribution in [-0.2, 0) is 0 Å².